The highest BCUT2D eigenvalue weighted by Gasteiger charge is 2.15. The zero-order valence-corrected chi connectivity index (χ0v) is 13.8. The first-order chi connectivity index (χ1) is 12.2. The van der Waals surface area contributed by atoms with Crippen LogP contribution in [-0.2, 0) is 0 Å². The van der Waals surface area contributed by atoms with Crippen molar-refractivity contribution in [3.63, 3.8) is 0 Å². The van der Waals surface area contributed by atoms with Gasteiger partial charge >= 0.3 is 0 Å². The highest BCUT2D eigenvalue weighted by molar-refractivity contribution is 6.30. The van der Waals surface area contributed by atoms with Gasteiger partial charge in [-0.15, -0.1) is 0 Å². The summed E-state index contributed by atoms with van der Waals surface area (Å²) in [6.45, 7) is 0.182. The van der Waals surface area contributed by atoms with E-state index in [1.807, 2.05) is 24.3 Å². The Kier molecular flexibility index (Phi) is 4.04. The smallest absolute Gasteiger partial charge is 0.231 e. The van der Waals surface area contributed by atoms with Crippen molar-refractivity contribution in [2.24, 2.45) is 0 Å². The van der Waals surface area contributed by atoms with Gasteiger partial charge in [0.15, 0.2) is 17.3 Å². The molecule has 0 spiro atoms. The first kappa shape index (κ1) is 15.5. The molecule has 0 unspecified atom stereocenters. The van der Waals surface area contributed by atoms with E-state index < -0.39 is 0 Å². The van der Waals surface area contributed by atoms with Crippen molar-refractivity contribution in [2.45, 2.75) is 0 Å². The summed E-state index contributed by atoms with van der Waals surface area (Å²) in [4.78, 5) is 12.3. The van der Waals surface area contributed by atoms with Crippen LogP contribution in [0.5, 0.6) is 11.5 Å². The Balaban J connectivity index is 1.51. The number of carbonyl (C=O) groups excluding carboxylic acids is 1. The predicted molar refractivity (Wildman–Crippen MR) is 95.1 cm³/mol. The lowest BCUT2D eigenvalue weighted by Crippen LogP contribution is -1.94. The van der Waals surface area contributed by atoms with Crippen molar-refractivity contribution in [3.05, 3.63) is 77.0 Å². The third-order valence-electron chi connectivity index (χ3n) is 3.79. The van der Waals surface area contributed by atoms with Gasteiger partial charge in [-0.3, -0.25) is 4.79 Å². The molecule has 2 aromatic carbocycles. The molecular weight excluding hydrogens is 340 g/mol. The molecule has 1 aromatic heterocycles. The Morgan fingerprint density at radius 2 is 1.88 bits per heavy atom. The van der Waals surface area contributed by atoms with Crippen LogP contribution in [0.15, 0.2) is 65.1 Å². The molecule has 1 aliphatic heterocycles. The monoisotopic (exact) mass is 352 g/mol. The van der Waals surface area contributed by atoms with E-state index in [-0.39, 0.29) is 12.6 Å². The minimum absolute atomic E-state index is 0.140. The van der Waals surface area contributed by atoms with Gasteiger partial charge in [-0.25, -0.2) is 0 Å². The SMILES string of the molecule is O=C(/C=C/c1ccc(-c2cccc(Cl)c2)o1)c1ccc2c(c1)OCO2. The molecule has 4 nitrogen and oxygen atoms in total. The van der Waals surface area contributed by atoms with E-state index in [1.54, 1.807) is 36.4 Å². The van der Waals surface area contributed by atoms with Gasteiger partial charge in [0.05, 0.1) is 0 Å². The Morgan fingerprint density at radius 3 is 2.76 bits per heavy atom. The maximum absolute atomic E-state index is 12.3. The number of carbonyl (C=O) groups is 1. The highest BCUT2D eigenvalue weighted by atomic mass is 35.5. The highest BCUT2D eigenvalue weighted by Crippen LogP contribution is 2.32. The quantitative estimate of drug-likeness (QED) is 0.477. The summed E-state index contributed by atoms with van der Waals surface area (Å²) < 4.78 is 16.3. The van der Waals surface area contributed by atoms with Crippen molar-refractivity contribution in [2.75, 3.05) is 6.79 Å². The average molecular weight is 353 g/mol. The minimum Gasteiger partial charge on any atom is -0.457 e. The number of fused-ring (bicyclic) bond motifs is 1. The maximum atomic E-state index is 12.3. The molecule has 4 rings (SSSR count). The summed E-state index contributed by atoms with van der Waals surface area (Å²) in [6.07, 6.45) is 3.11. The van der Waals surface area contributed by atoms with Gasteiger partial charge in [-0.1, -0.05) is 23.7 Å². The van der Waals surface area contributed by atoms with E-state index in [0.717, 1.165) is 5.56 Å². The third kappa shape index (κ3) is 3.30. The Hall–Kier alpha value is -2.98. The van der Waals surface area contributed by atoms with Gasteiger partial charge in [0.25, 0.3) is 0 Å². The molecule has 0 bridgehead atoms. The van der Waals surface area contributed by atoms with Crippen LogP contribution in [0.2, 0.25) is 5.02 Å². The first-order valence-electron chi connectivity index (χ1n) is 7.67. The standard InChI is InChI=1S/C20H13ClO4/c21-15-3-1-2-14(10-15)18-9-6-16(25-18)5-7-17(22)13-4-8-19-20(11-13)24-12-23-19/h1-11H,12H2/b7-5+. The fourth-order valence-corrected chi connectivity index (χ4v) is 2.73. The van der Waals surface area contributed by atoms with E-state index >= 15 is 0 Å². The van der Waals surface area contributed by atoms with Gasteiger partial charge in [-0.2, -0.15) is 0 Å². The average Bonchev–Trinajstić information content (AvgIpc) is 3.28. The van der Waals surface area contributed by atoms with E-state index in [9.17, 15) is 4.79 Å². The van der Waals surface area contributed by atoms with Crippen LogP contribution in [0.4, 0.5) is 0 Å². The first-order valence-corrected chi connectivity index (χ1v) is 8.05. The minimum atomic E-state index is -0.140. The van der Waals surface area contributed by atoms with Crippen molar-refractivity contribution in [1.29, 1.82) is 0 Å². The van der Waals surface area contributed by atoms with Crippen LogP contribution < -0.4 is 9.47 Å². The topological polar surface area (TPSA) is 48.7 Å². The van der Waals surface area contributed by atoms with Crippen molar-refractivity contribution < 1.29 is 18.7 Å². The molecule has 0 N–H and O–H groups in total. The second kappa shape index (κ2) is 6.49. The van der Waals surface area contributed by atoms with E-state index in [1.165, 1.54) is 6.08 Å². The largest absolute Gasteiger partial charge is 0.457 e. The maximum Gasteiger partial charge on any atom is 0.231 e. The van der Waals surface area contributed by atoms with E-state index in [2.05, 4.69) is 0 Å². The lowest BCUT2D eigenvalue weighted by molar-refractivity contribution is 0.104. The van der Waals surface area contributed by atoms with Crippen molar-refractivity contribution in [3.8, 4) is 22.8 Å². The molecule has 0 aliphatic carbocycles. The lowest BCUT2D eigenvalue weighted by atomic mass is 10.1. The molecule has 0 atom stereocenters. The molecule has 3 aromatic rings. The fourth-order valence-electron chi connectivity index (χ4n) is 2.54. The molecular formula is C20H13ClO4. The number of benzene rings is 2. The summed E-state index contributed by atoms with van der Waals surface area (Å²) in [5.74, 6) is 2.37. The summed E-state index contributed by atoms with van der Waals surface area (Å²) in [6, 6.07) is 16.2. The molecule has 124 valence electrons. The summed E-state index contributed by atoms with van der Waals surface area (Å²) in [5.41, 5.74) is 1.41. The van der Waals surface area contributed by atoms with Crippen molar-refractivity contribution in [1.82, 2.24) is 0 Å². The summed E-state index contributed by atoms with van der Waals surface area (Å²) >= 11 is 5.99. The van der Waals surface area contributed by atoms with Crippen LogP contribution in [0.25, 0.3) is 17.4 Å². The number of ketones is 1. The van der Waals surface area contributed by atoms with Crippen LogP contribution in [0.1, 0.15) is 16.1 Å². The molecule has 0 amide bonds. The molecule has 0 fully saturated rings. The molecule has 0 radical (unpaired) electrons. The van der Waals surface area contributed by atoms with Gasteiger partial charge in [0, 0.05) is 16.1 Å². The predicted octanol–water partition coefficient (Wildman–Crippen LogP) is 5.22. The van der Waals surface area contributed by atoms with Gasteiger partial charge < -0.3 is 13.9 Å². The molecule has 25 heavy (non-hydrogen) atoms. The molecule has 2 heterocycles. The number of hydrogen-bond donors (Lipinski definition) is 0. The Bertz CT molecular complexity index is 971. The van der Waals surface area contributed by atoms with Crippen LogP contribution in [-0.4, -0.2) is 12.6 Å². The number of allylic oxidation sites excluding steroid dienone is 1. The van der Waals surface area contributed by atoms with E-state index in [0.29, 0.717) is 33.6 Å². The third-order valence-corrected chi connectivity index (χ3v) is 4.03. The molecule has 0 saturated carbocycles. The van der Waals surface area contributed by atoms with Gasteiger partial charge in [-0.05, 0) is 54.6 Å². The molecule has 0 saturated heterocycles. The molecule has 5 heteroatoms. The molecule has 1 aliphatic rings. The zero-order valence-electron chi connectivity index (χ0n) is 13.1. The normalized spacial score (nSPS) is 12.7. The number of rotatable bonds is 4. The van der Waals surface area contributed by atoms with Crippen LogP contribution in [0, 0.1) is 0 Å². The second-order valence-electron chi connectivity index (χ2n) is 5.48. The summed E-state index contributed by atoms with van der Waals surface area (Å²) in [7, 11) is 0. The van der Waals surface area contributed by atoms with Gasteiger partial charge in [0.2, 0.25) is 6.79 Å². The van der Waals surface area contributed by atoms with E-state index in [4.69, 9.17) is 25.5 Å². The zero-order chi connectivity index (χ0) is 17.2. The second-order valence-corrected chi connectivity index (χ2v) is 5.91. The lowest BCUT2D eigenvalue weighted by Gasteiger charge is -1.99. The Labute approximate surface area is 149 Å². The number of furan rings is 1. The van der Waals surface area contributed by atoms with Gasteiger partial charge in [0.1, 0.15) is 11.5 Å². The van der Waals surface area contributed by atoms with Crippen LogP contribution in [0.3, 0.4) is 0 Å². The Morgan fingerprint density at radius 1 is 1.00 bits per heavy atom. The number of halogens is 1. The van der Waals surface area contributed by atoms with Crippen LogP contribution >= 0.6 is 11.6 Å². The number of ether oxygens (including phenoxy) is 2. The summed E-state index contributed by atoms with van der Waals surface area (Å²) in [5, 5.41) is 0.643. The fraction of sp³-hybridized carbons (Fsp3) is 0.0500. The van der Waals surface area contributed by atoms with Crippen molar-refractivity contribution >= 4 is 23.5 Å². The number of hydrogen-bond acceptors (Lipinski definition) is 4.